The molecule has 5 atom stereocenters. The molecule has 0 saturated carbocycles. The Kier molecular flexibility index (Phi) is 75.2. The summed E-state index contributed by atoms with van der Waals surface area (Å²) < 4.78 is 68.8. The van der Waals surface area contributed by atoms with Crippen molar-refractivity contribution >= 4 is 39.5 Å². The average molecular weight is 1530 g/mol. The van der Waals surface area contributed by atoms with Crippen molar-refractivity contribution in [2.75, 3.05) is 39.6 Å². The van der Waals surface area contributed by atoms with Crippen LogP contribution in [0, 0.1) is 0 Å². The molecule has 0 heterocycles. The maximum Gasteiger partial charge on any atom is 0.472 e. The Bertz CT molecular complexity index is 2480. The third kappa shape index (κ3) is 77.6. The van der Waals surface area contributed by atoms with Gasteiger partial charge in [0.2, 0.25) is 0 Å². The molecule has 17 nitrogen and oxygen atoms in total. The molecule has 0 bridgehead atoms. The Hall–Kier alpha value is -4.54. The second-order valence-electron chi connectivity index (χ2n) is 27.6. The highest BCUT2D eigenvalue weighted by atomic mass is 31.2. The molecule has 0 rings (SSSR count). The van der Waals surface area contributed by atoms with Gasteiger partial charge in [-0.3, -0.25) is 37.3 Å². The molecule has 106 heavy (non-hydrogen) atoms. The number of ether oxygens (including phenoxy) is 4. The molecule has 0 fully saturated rings. The van der Waals surface area contributed by atoms with Crippen LogP contribution in [0.2, 0.25) is 0 Å². The van der Waals surface area contributed by atoms with Crippen molar-refractivity contribution in [2.24, 2.45) is 0 Å². The molecule has 0 aliphatic carbocycles. The third-order valence-corrected chi connectivity index (χ3v) is 19.3. The van der Waals surface area contributed by atoms with E-state index in [0.29, 0.717) is 25.7 Å². The van der Waals surface area contributed by atoms with E-state index in [4.69, 9.17) is 37.0 Å². The van der Waals surface area contributed by atoms with Crippen LogP contribution in [0.15, 0.2) is 122 Å². The summed E-state index contributed by atoms with van der Waals surface area (Å²) in [6, 6.07) is 0. The summed E-state index contributed by atoms with van der Waals surface area (Å²) in [5, 5.41) is 10.7. The van der Waals surface area contributed by atoms with E-state index < -0.39 is 97.5 Å². The first-order valence-electron chi connectivity index (χ1n) is 41.8. The zero-order valence-electron chi connectivity index (χ0n) is 66.8. The summed E-state index contributed by atoms with van der Waals surface area (Å²) in [6.45, 7) is 4.55. The van der Waals surface area contributed by atoms with Gasteiger partial charge in [-0.1, -0.05) is 316 Å². The number of allylic oxidation sites excluding steroid dienone is 20. The molecule has 5 unspecified atom stereocenters. The van der Waals surface area contributed by atoms with Crippen molar-refractivity contribution in [2.45, 2.75) is 367 Å². The molecule has 3 N–H and O–H groups in total. The number of phosphoric acid groups is 2. The predicted octanol–water partition coefficient (Wildman–Crippen LogP) is 24.7. The zero-order chi connectivity index (χ0) is 77.4. The SMILES string of the molecule is CC/C=C\C/C=C\C/C=C\C/C=C\CCCCCCCCC(=O)OCC(COP(=O)(O)OCC(O)COP(=O)(O)OCC(COC(=O)CCCCCCC/C=C\C/C=C\C/C=C\CC)OC(=O)CCCCCCCCCCCCCCCCC)OC(=O)CCCCCCCCC/C=C\C/C=C\C/C=C\CC. The monoisotopic (exact) mass is 1530 g/mol. The van der Waals surface area contributed by atoms with Crippen LogP contribution in [-0.2, 0) is 65.4 Å². The highest BCUT2D eigenvalue weighted by Gasteiger charge is 2.30. The lowest BCUT2D eigenvalue weighted by atomic mass is 10.0. The minimum atomic E-state index is -4.99. The molecule has 0 aliphatic heterocycles. The highest BCUT2D eigenvalue weighted by molar-refractivity contribution is 7.47. The largest absolute Gasteiger partial charge is 0.472 e. The van der Waals surface area contributed by atoms with Gasteiger partial charge in [0.1, 0.15) is 19.3 Å². The van der Waals surface area contributed by atoms with E-state index in [1.165, 1.54) is 64.2 Å². The maximum atomic E-state index is 13.1. The van der Waals surface area contributed by atoms with Crippen molar-refractivity contribution in [1.82, 2.24) is 0 Å². The summed E-state index contributed by atoms with van der Waals surface area (Å²) in [7, 11) is -9.97. The number of esters is 4. The number of carbonyl (C=O) groups excluding carboxylic acids is 4. The van der Waals surface area contributed by atoms with Gasteiger partial charge >= 0.3 is 39.5 Å². The highest BCUT2D eigenvalue weighted by Crippen LogP contribution is 2.45. The van der Waals surface area contributed by atoms with Crippen molar-refractivity contribution < 1.29 is 80.2 Å². The topological polar surface area (TPSA) is 237 Å². The van der Waals surface area contributed by atoms with Crippen LogP contribution in [-0.4, -0.2) is 96.7 Å². The molecule has 0 spiro atoms. The Morgan fingerprint density at radius 3 is 0.755 bits per heavy atom. The molecule has 610 valence electrons. The molecule has 19 heteroatoms. The number of phosphoric ester groups is 2. The van der Waals surface area contributed by atoms with Crippen LogP contribution in [0.25, 0.3) is 0 Å². The van der Waals surface area contributed by atoms with Crippen molar-refractivity contribution in [3.05, 3.63) is 122 Å². The number of hydrogen-bond donors (Lipinski definition) is 3. The first-order valence-corrected chi connectivity index (χ1v) is 44.8. The Morgan fingerprint density at radius 2 is 0.491 bits per heavy atom. The molecule has 0 saturated heterocycles. The van der Waals surface area contributed by atoms with E-state index in [0.717, 1.165) is 205 Å². The summed E-state index contributed by atoms with van der Waals surface area (Å²) in [6.07, 6.45) is 87.3. The molecule has 0 aromatic heterocycles. The van der Waals surface area contributed by atoms with E-state index in [1.54, 1.807) is 0 Å². The van der Waals surface area contributed by atoms with Crippen LogP contribution in [0.1, 0.15) is 349 Å². The molecule has 0 amide bonds. The normalized spacial score (nSPS) is 14.4. The van der Waals surface area contributed by atoms with Crippen LogP contribution in [0.4, 0.5) is 0 Å². The summed E-state index contributed by atoms with van der Waals surface area (Å²) in [4.78, 5) is 73.2. The van der Waals surface area contributed by atoms with Crippen molar-refractivity contribution in [3.63, 3.8) is 0 Å². The fourth-order valence-electron chi connectivity index (χ4n) is 11.2. The van der Waals surface area contributed by atoms with Crippen LogP contribution < -0.4 is 0 Å². The summed E-state index contributed by atoms with van der Waals surface area (Å²) >= 11 is 0. The number of aliphatic hydroxyl groups excluding tert-OH is 1. The standard InChI is InChI=1S/C87H150O17P2/c1-5-9-13-17-21-25-29-33-37-39-40-42-45-48-52-56-60-64-68-72-85(90)98-78-83(104-87(92)74-70-66-62-58-54-50-46-41-38-34-30-26-22-18-14-10-6-2)80-102-106(95,96)100-76-81(88)75-99-105(93,94)101-79-82(103-86(91)73-69-65-61-57-53-49-44-36-32-28-24-20-16-12-8-4)77-97-84(89)71-67-63-59-55-51-47-43-35-31-27-23-19-15-11-7-3/h9-11,13-15,21-23,25-27,33-35,37-38,40,42-43,81-83,88H,5-8,12,16-20,24,28-32,36,39,41,44-80H2,1-4H3,(H,93,94)(H,95,96)/b13-9-,14-10-,15-11-,25-21-,26-22-,27-23-,37-33-,38-34-,42-40-,43-35-. The summed E-state index contributed by atoms with van der Waals surface area (Å²) in [5.41, 5.74) is 0. The van der Waals surface area contributed by atoms with Gasteiger partial charge in [0.05, 0.1) is 26.4 Å². The second-order valence-corrected chi connectivity index (χ2v) is 30.5. The van der Waals surface area contributed by atoms with Gasteiger partial charge in [-0.15, -0.1) is 0 Å². The Morgan fingerprint density at radius 1 is 0.274 bits per heavy atom. The predicted molar refractivity (Wildman–Crippen MR) is 436 cm³/mol. The van der Waals surface area contributed by atoms with Crippen LogP contribution in [0.5, 0.6) is 0 Å². The van der Waals surface area contributed by atoms with E-state index in [9.17, 15) is 43.2 Å². The van der Waals surface area contributed by atoms with E-state index in [-0.39, 0.29) is 25.7 Å². The maximum absolute atomic E-state index is 13.1. The van der Waals surface area contributed by atoms with Gasteiger partial charge in [-0.05, 0) is 128 Å². The average Bonchev–Trinajstić information content (AvgIpc) is 0.902. The molecular weight excluding hydrogens is 1380 g/mol. The minimum absolute atomic E-state index is 0.0784. The van der Waals surface area contributed by atoms with Gasteiger partial charge in [0.15, 0.2) is 12.2 Å². The zero-order valence-corrected chi connectivity index (χ0v) is 68.6. The first kappa shape index (κ1) is 101. The molecule has 0 aliphatic rings. The van der Waals surface area contributed by atoms with Crippen LogP contribution in [0.3, 0.4) is 0 Å². The van der Waals surface area contributed by atoms with Crippen molar-refractivity contribution in [3.8, 4) is 0 Å². The number of aliphatic hydroxyl groups is 1. The van der Waals surface area contributed by atoms with E-state index in [2.05, 4.69) is 149 Å². The van der Waals surface area contributed by atoms with E-state index >= 15 is 0 Å². The lowest BCUT2D eigenvalue weighted by molar-refractivity contribution is -0.161. The quantitative estimate of drug-likeness (QED) is 0.0169. The Balaban J connectivity index is 5.38. The van der Waals surface area contributed by atoms with Crippen molar-refractivity contribution in [1.29, 1.82) is 0 Å². The number of carbonyl (C=O) groups is 4. The molecular formula is C87H150O17P2. The number of unbranched alkanes of at least 4 members (excludes halogenated alkanes) is 32. The smallest absolute Gasteiger partial charge is 0.462 e. The minimum Gasteiger partial charge on any atom is -0.462 e. The van der Waals surface area contributed by atoms with E-state index in [1.807, 2.05) is 0 Å². The first-order chi connectivity index (χ1) is 51.7. The van der Waals surface area contributed by atoms with Gasteiger partial charge in [-0.25, -0.2) is 9.13 Å². The fraction of sp³-hybridized carbons (Fsp3) is 0.724. The van der Waals surface area contributed by atoms with Gasteiger partial charge in [0, 0.05) is 25.7 Å². The molecule has 0 aromatic rings. The lowest BCUT2D eigenvalue weighted by Gasteiger charge is -2.21. The van der Waals surface area contributed by atoms with Gasteiger partial charge in [0.25, 0.3) is 0 Å². The van der Waals surface area contributed by atoms with Gasteiger partial charge in [-0.2, -0.15) is 0 Å². The van der Waals surface area contributed by atoms with Gasteiger partial charge < -0.3 is 33.8 Å². The number of rotatable bonds is 78. The summed E-state index contributed by atoms with van der Waals surface area (Å²) in [5.74, 6) is -2.20. The fourth-order valence-corrected chi connectivity index (χ4v) is 12.8. The van der Waals surface area contributed by atoms with Crippen LogP contribution >= 0.6 is 15.6 Å². The third-order valence-electron chi connectivity index (χ3n) is 17.4. The molecule has 0 aromatic carbocycles. The molecule has 0 radical (unpaired) electrons. The Labute approximate surface area is 644 Å². The lowest BCUT2D eigenvalue weighted by Crippen LogP contribution is -2.30. The second kappa shape index (κ2) is 78.6. The number of hydrogen-bond acceptors (Lipinski definition) is 15.